The highest BCUT2D eigenvalue weighted by Gasteiger charge is 2.27. The van der Waals surface area contributed by atoms with Crippen LogP contribution in [0.3, 0.4) is 0 Å². The minimum absolute atomic E-state index is 0.0498. The van der Waals surface area contributed by atoms with Crippen molar-refractivity contribution in [2.75, 3.05) is 5.32 Å². The van der Waals surface area contributed by atoms with Gasteiger partial charge in [0.2, 0.25) is 11.2 Å². The molecule has 1 unspecified atom stereocenters. The van der Waals surface area contributed by atoms with E-state index in [1.54, 1.807) is 36.6 Å². The number of benzene rings is 3. The number of ether oxygens (including phenoxy) is 1. The van der Waals surface area contributed by atoms with Crippen molar-refractivity contribution in [1.29, 1.82) is 0 Å². The van der Waals surface area contributed by atoms with Crippen molar-refractivity contribution >= 4 is 39.1 Å². The Morgan fingerprint density at radius 3 is 2.20 bits per heavy atom. The Kier molecular flexibility index (Phi) is 7.53. The predicted molar refractivity (Wildman–Crippen MR) is 159 cm³/mol. The van der Waals surface area contributed by atoms with E-state index in [1.165, 1.54) is 11.3 Å². The van der Waals surface area contributed by atoms with Crippen molar-refractivity contribution in [1.82, 2.24) is 0 Å². The number of hydrogen-bond acceptors (Lipinski definition) is 6. The third kappa shape index (κ3) is 5.26. The van der Waals surface area contributed by atoms with Crippen LogP contribution in [-0.4, -0.2) is 17.9 Å². The van der Waals surface area contributed by atoms with E-state index in [-0.39, 0.29) is 28.9 Å². The van der Waals surface area contributed by atoms with E-state index in [4.69, 9.17) is 14.9 Å². The molecule has 3 N–H and O–H groups in total. The van der Waals surface area contributed by atoms with Crippen molar-refractivity contribution in [3.63, 3.8) is 0 Å². The van der Waals surface area contributed by atoms with E-state index in [9.17, 15) is 14.4 Å². The molecule has 3 aromatic carbocycles. The van der Waals surface area contributed by atoms with Crippen LogP contribution in [0.2, 0.25) is 0 Å². The first kappa shape index (κ1) is 26.9. The number of nitrogens with one attached hydrogen (secondary N) is 1. The molecule has 5 rings (SSSR count). The Bertz CT molecular complexity index is 1770. The Morgan fingerprint density at radius 1 is 0.950 bits per heavy atom. The first-order chi connectivity index (χ1) is 19.3. The van der Waals surface area contributed by atoms with Crippen molar-refractivity contribution in [3.8, 4) is 28.2 Å². The molecule has 0 radical (unpaired) electrons. The second kappa shape index (κ2) is 11.2. The molecule has 8 heteroatoms. The normalized spacial score (nSPS) is 11.8. The standard InChI is InChI=1S/C32H28N2O5S/c1-4-24(31(37)34-32-26(30(33)36)23(17-40-32)20-13-9-18(2)10-14-20)38-29-27(35)22-7-5-6-8-25(22)39-28(29)21-15-11-19(3)12-16-21/h5-17,24H,4H2,1-3H3,(H2,33,36)(H,34,37). The highest BCUT2D eigenvalue weighted by Crippen LogP contribution is 2.36. The second-order valence-corrected chi connectivity index (χ2v) is 10.4. The van der Waals surface area contributed by atoms with Crippen LogP contribution < -0.4 is 21.2 Å². The van der Waals surface area contributed by atoms with Gasteiger partial charge in [-0.3, -0.25) is 14.4 Å². The monoisotopic (exact) mass is 552 g/mol. The average Bonchev–Trinajstić information content (AvgIpc) is 3.37. The maximum absolute atomic E-state index is 13.6. The van der Waals surface area contributed by atoms with Gasteiger partial charge in [-0.1, -0.05) is 78.7 Å². The molecule has 1 atom stereocenters. The number of thiophene rings is 1. The van der Waals surface area contributed by atoms with Crippen molar-refractivity contribution < 1.29 is 18.7 Å². The van der Waals surface area contributed by atoms with E-state index in [2.05, 4.69) is 5.32 Å². The van der Waals surface area contributed by atoms with Gasteiger partial charge in [-0.15, -0.1) is 11.3 Å². The summed E-state index contributed by atoms with van der Waals surface area (Å²) in [6.07, 6.45) is -0.785. The number of fused-ring (bicyclic) bond motifs is 1. The van der Waals surface area contributed by atoms with Crippen molar-refractivity contribution in [3.05, 3.63) is 105 Å². The third-order valence-corrected chi connectivity index (χ3v) is 7.53. The summed E-state index contributed by atoms with van der Waals surface area (Å²) in [5, 5.41) is 5.26. The van der Waals surface area contributed by atoms with Crippen LogP contribution in [0.15, 0.2) is 87.4 Å². The number of carbonyl (C=O) groups excluding carboxylic acids is 2. The van der Waals surface area contributed by atoms with E-state index in [0.717, 1.165) is 16.7 Å². The molecule has 0 aliphatic rings. The minimum Gasteiger partial charge on any atom is -0.473 e. The molecule has 2 aromatic heterocycles. The molecule has 0 fully saturated rings. The van der Waals surface area contributed by atoms with Gasteiger partial charge in [-0.05, 0) is 38.0 Å². The lowest BCUT2D eigenvalue weighted by molar-refractivity contribution is -0.122. The highest BCUT2D eigenvalue weighted by atomic mass is 32.1. The lowest BCUT2D eigenvalue weighted by Gasteiger charge is -2.19. The summed E-state index contributed by atoms with van der Waals surface area (Å²) in [5.41, 5.74) is 10.2. The molecule has 0 aliphatic carbocycles. The minimum atomic E-state index is -1.04. The molecular weight excluding hydrogens is 524 g/mol. The number of anilines is 1. The molecule has 0 bridgehead atoms. The van der Waals surface area contributed by atoms with Gasteiger partial charge in [0, 0.05) is 16.5 Å². The van der Waals surface area contributed by atoms with Crippen LogP contribution in [-0.2, 0) is 4.79 Å². The molecule has 5 aromatic rings. The van der Waals surface area contributed by atoms with Gasteiger partial charge >= 0.3 is 0 Å². The zero-order valence-corrected chi connectivity index (χ0v) is 23.1. The van der Waals surface area contributed by atoms with Gasteiger partial charge in [0.25, 0.3) is 11.8 Å². The fourth-order valence-electron chi connectivity index (χ4n) is 4.42. The number of para-hydroxylation sites is 1. The lowest BCUT2D eigenvalue weighted by atomic mass is 10.0. The number of amides is 2. The van der Waals surface area contributed by atoms with E-state index >= 15 is 0 Å². The number of carbonyl (C=O) groups is 2. The summed E-state index contributed by atoms with van der Waals surface area (Å²) in [6.45, 7) is 5.72. The molecule has 2 heterocycles. The van der Waals surface area contributed by atoms with Crippen LogP contribution >= 0.6 is 11.3 Å². The molecule has 0 saturated carbocycles. The Balaban J connectivity index is 1.50. The van der Waals surface area contributed by atoms with Crippen LogP contribution in [0.5, 0.6) is 5.75 Å². The maximum Gasteiger partial charge on any atom is 0.266 e. The number of hydrogen-bond donors (Lipinski definition) is 2. The van der Waals surface area contributed by atoms with E-state index < -0.39 is 17.9 Å². The summed E-state index contributed by atoms with van der Waals surface area (Å²) < 4.78 is 12.3. The Morgan fingerprint density at radius 2 is 1.57 bits per heavy atom. The number of aryl methyl sites for hydroxylation is 2. The van der Waals surface area contributed by atoms with Crippen molar-refractivity contribution in [2.45, 2.75) is 33.3 Å². The number of primary amides is 1. The molecule has 2 amide bonds. The Hall–Kier alpha value is -4.69. The average molecular weight is 553 g/mol. The van der Waals surface area contributed by atoms with Gasteiger partial charge in [0.05, 0.1) is 10.9 Å². The van der Waals surface area contributed by atoms with Gasteiger partial charge in [-0.25, -0.2) is 0 Å². The summed E-state index contributed by atoms with van der Waals surface area (Å²) in [5.74, 6) is -0.973. The largest absolute Gasteiger partial charge is 0.473 e. The topological polar surface area (TPSA) is 112 Å². The first-order valence-electron chi connectivity index (χ1n) is 12.9. The summed E-state index contributed by atoms with van der Waals surface area (Å²) >= 11 is 1.20. The number of rotatable bonds is 8. The fourth-order valence-corrected chi connectivity index (χ4v) is 5.40. The van der Waals surface area contributed by atoms with Gasteiger partial charge in [0.1, 0.15) is 10.6 Å². The van der Waals surface area contributed by atoms with Gasteiger partial charge in [0.15, 0.2) is 11.9 Å². The molecule has 40 heavy (non-hydrogen) atoms. The molecule has 0 saturated heterocycles. The Labute approximate surface area is 235 Å². The van der Waals surface area contributed by atoms with Crippen LogP contribution in [0.1, 0.15) is 34.8 Å². The van der Waals surface area contributed by atoms with E-state index in [1.807, 2.05) is 62.4 Å². The SMILES string of the molecule is CCC(Oc1c(-c2ccc(C)cc2)oc2ccccc2c1=O)C(=O)Nc1scc(-c2ccc(C)cc2)c1C(N)=O. The van der Waals surface area contributed by atoms with Gasteiger partial charge < -0.3 is 20.2 Å². The third-order valence-electron chi connectivity index (χ3n) is 6.63. The zero-order chi connectivity index (χ0) is 28.4. The molecule has 0 aliphatic heterocycles. The molecule has 0 spiro atoms. The van der Waals surface area contributed by atoms with Crippen molar-refractivity contribution in [2.24, 2.45) is 5.73 Å². The fraction of sp³-hybridized carbons (Fsp3) is 0.156. The van der Waals surface area contributed by atoms with Gasteiger partial charge in [-0.2, -0.15) is 0 Å². The summed E-state index contributed by atoms with van der Waals surface area (Å²) in [4.78, 5) is 39.5. The molecule has 202 valence electrons. The predicted octanol–water partition coefficient (Wildman–Crippen LogP) is 6.70. The maximum atomic E-state index is 13.6. The lowest BCUT2D eigenvalue weighted by Crippen LogP contribution is -2.34. The summed E-state index contributed by atoms with van der Waals surface area (Å²) in [6, 6.07) is 22.1. The first-order valence-corrected chi connectivity index (χ1v) is 13.7. The highest BCUT2D eigenvalue weighted by molar-refractivity contribution is 7.15. The number of nitrogens with two attached hydrogens (primary N) is 1. The molecule has 7 nitrogen and oxygen atoms in total. The van der Waals surface area contributed by atoms with E-state index in [0.29, 0.717) is 27.1 Å². The van der Waals surface area contributed by atoms with Crippen LogP contribution in [0, 0.1) is 13.8 Å². The molecular formula is C32H28N2O5S. The quantitative estimate of drug-likeness (QED) is 0.222. The smallest absolute Gasteiger partial charge is 0.266 e. The van der Waals surface area contributed by atoms with Crippen LogP contribution in [0.4, 0.5) is 5.00 Å². The zero-order valence-electron chi connectivity index (χ0n) is 22.3. The summed E-state index contributed by atoms with van der Waals surface area (Å²) in [7, 11) is 0. The van der Waals surface area contributed by atoms with Crippen LogP contribution in [0.25, 0.3) is 33.4 Å². The second-order valence-electron chi connectivity index (χ2n) is 9.54.